The molecule has 0 heterocycles. The minimum Gasteiger partial charge on any atom is -0.500 e. The fraction of sp³-hybridized carbons (Fsp3) is 0.200. The molecule has 9 nitrogen and oxygen atoms in total. The summed E-state index contributed by atoms with van der Waals surface area (Å²) in [5.74, 6) is -0.982. The van der Waals surface area contributed by atoms with E-state index in [0.29, 0.717) is 16.8 Å². The molecule has 0 spiro atoms. The van der Waals surface area contributed by atoms with Crippen LogP contribution in [-0.4, -0.2) is 35.0 Å². The smallest absolute Gasteiger partial charge is 0.319 e. The first-order valence-electron chi connectivity index (χ1n) is 8.66. The lowest BCUT2D eigenvalue weighted by Gasteiger charge is -2.10. The number of amides is 2. The number of nitro groups is 1. The number of benzene rings is 2. The molecule has 0 unspecified atom stereocenters. The molecule has 2 aromatic carbocycles. The highest BCUT2D eigenvalue weighted by molar-refractivity contribution is 6.07. The van der Waals surface area contributed by atoms with Crippen LogP contribution in [0.5, 0.6) is 11.5 Å². The Morgan fingerprint density at radius 3 is 2.41 bits per heavy atom. The highest BCUT2D eigenvalue weighted by atomic mass is 16.6. The molecule has 29 heavy (non-hydrogen) atoms. The number of hydrogen-bond donors (Lipinski definition) is 3. The maximum Gasteiger partial charge on any atom is 0.319 e. The van der Waals surface area contributed by atoms with Gasteiger partial charge in [0.25, 0.3) is 0 Å². The summed E-state index contributed by atoms with van der Waals surface area (Å²) in [7, 11) is 1.27. The van der Waals surface area contributed by atoms with E-state index in [9.17, 15) is 24.8 Å². The summed E-state index contributed by atoms with van der Waals surface area (Å²) in [6.07, 6.45) is 2.64. The Hall–Kier alpha value is -3.88. The molecule has 3 N–H and O–H groups in total. The summed E-state index contributed by atoms with van der Waals surface area (Å²) in [4.78, 5) is 34.3. The minimum atomic E-state index is -0.738. The van der Waals surface area contributed by atoms with Gasteiger partial charge in [-0.15, -0.1) is 0 Å². The molecule has 9 heteroatoms. The van der Waals surface area contributed by atoms with Crippen LogP contribution in [0.3, 0.4) is 0 Å². The van der Waals surface area contributed by atoms with E-state index in [1.165, 1.54) is 25.3 Å². The number of ketones is 1. The lowest BCUT2D eigenvalue weighted by molar-refractivity contribution is -0.386. The van der Waals surface area contributed by atoms with Gasteiger partial charge in [-0.3, -0.25) is 14.9 Å². The van der Waals surface area contributed by atoms with Crippen LogP contribution in [-0.2, 0) is 0 Å². The van der Waals surface area contributed by atoms with Crippen molar-refractivity contribution in [2.45, 2.75) is 19.9 Å². The number of hydrogen-bond acceptors (Lipinski definition) is 6. The molecule has 0 radical (unpaired) electrons. The van der Waals surface area contributed by atoms with E-state index in [-0.39, 0.29) is 23.6 Å². The third kappa shape index (κ3) is 5.80. The van der Waals surface area contributed by atoms with Gasteiger partial charge in [0.05, 0.1) is 12.0 Å². The van der Waals surface area contributed by atoms with Crippen molar-refractivity contribution in [3.63, 3.8) is 0 Å². The highest BCUT2D eigenvalue weighted by Crippen LogP contribution is 2.37. The zero-order valence-corrected chi connectivity index (χ0v) is 16.1. The molecule has 0 aliphatic rings. The van der Waals surface area contributed by atoms with E-state index in [0.717, 1.165) is 6.07 Å². The third-order valence-corrected chi connectivity index (χ3v) is 3.77. The van der Waals surface area contributed by atoms with Crippen molar-refractivity contribution in [1.82, 2.24) is 5.32 Å². The Kier molecular flexibility index (Phi) is 6.91. The van der Waals surface area contributed by atoms with Gasteiger partial charge in [-0.2, -0.15) is 0 Å². The van der Waals surface area contributed by atoms with Crippen molar-refractivity contribution < 1.29 is 24.4 Å². The highest BCUT2D eigenvalue weighted by Gasteiger charge is 2.19. The number of nitrogens with zero attached hydrogens (tertiary/aromatic N) is 1. The fourth-order valence-electron chi connectivity index (χ4n) is 2.42. The lowest BCUT2D eigenvalue weighted by atomic mass is 10.1. The van der Waals surface area contributed by atoms with Crippen LogP contribution in [0, 0.1) is 10.1 Å². The summed E-state index contributed by atoms with van der Waals surface area (Å²) in [5.41, 5.74) is 0.703. The number of methoxy groups -OCH3 is 1. The van der Waals surface area contributed by atoms with Gasteiger partial charge in [-0.25, -0.2) is 4.79 Å². The molecule has 0 saturated carbocycles. The molecule has 2 rings (SSSR count). The van der Waals surface area contributed by atoms with E-state index in [4.69, 9.17) is 4.74 Å². The number of nitrogens with one attached hydrogen (secondary N) is 2. The molecule has 0 atom stereocenters. The first-order chi connectivity index (χ1) is 13.7. The van der Waals surface area contributed by atoms with Crippen LogP contribution in [0.15, 0.2) is 42.5 Å². The Bertz CT molecular complexity index is 951. The Morgan fingerprint density at radius 1 is 1.21 bits per heavy atom. The van der Waals surface area contributed by atoms with Crippen LogP contribution >= 0.6 is 0 Å². The SMILES string of the molecule is COc1cc(C=CC(=O)c2ccc(NC(=O)NC(C)C)cc2)cc([N+](=O)[O-])c1O. The second-order valence-electron chi connectivity index (χ2n) is 6.38. The standard InChI is InChI=1S/C20H21N3O6/c1-12(2)21-20(26)22-15-7-5-14(6-8-15)17(24)9-4-13-10-16(23(27)28)19(25)18(11-13)29-3/h4-12,25H,1-3H3,(H2,21,22,26). The number of anilines is 1. The Labute approximate surface area is 167 Å². The van der Waals surface area contributed by atoms with E-state index >= 15 is 0 Å². The van der Waals surface area contributed by atoms with Crippen molar-refractivity contribution in [3.05, 3.63) is 63.7 Å². The quantitative estimate of drug-likeness (QED) is 0.281. The third-order valence-electron chi connectivity index (χ3n) is 3.77. The van der Waals surface area contributed by atoms with E-state index in [1.54, 1.807) is 24.3 Å². The Morgan fingerprint density at radius 2 is 1.86 bits per heavy atom. The number of urea groups is 1. The predicted molar refractivity (Wildman–Crippen MR) is 108 cm³/mol. The number of phenolic OH excluding ortho intramolecular Hbond substituents is 1. The zero-order chi connectivity index (χ0) is 21.6. The summed E-state index contributed by atoms with van der Waals surface area (Å²) in [6, 6.07) is 8.46. The van der Waals surface area contributed by atoms with Gasteiger partial charge in [-0.1, -0.05) is 6.08 Å². The van der Waals surface area contributed by atoms with Gasteiger partial charge in [-0.05, 0) is 55.8 Å². The topological polar surface area (TPSA) is 131 Å². The molecule has 0 fully saturated rings. The largest absolute Gasteiger partial charge is 0.500 e. The number of phenols is 1. The molecule has 0 aliphatic carbocycles. The van der Waals surface area contributed by atoms with Crippen LogP contribution < -0.4 is 15.4 Å². The second kappa shape index (κ2) is 9.36. The van der Waals surface area contributed by atoms with Crippen LogP contribution in [0.4, 0.5) is 16.2 Å². The first-order valence-corrected chi connectivity index (χ1v) is 8.66. The van der Waals surface area contributed by atoms with Crippen molar-refractivity contribution in [2.24, 2.45) is 0 Å². The van der Waals surface area contributed by atoms with E-state index in [1.807, 2.05) is 13.8 Å². The van der Waals surface area contributed by atoms with Crippen molar-refractivity contribution in [2.75, 3.05) is 12.4 Å². The molecule has 2 amide bonds. The van der Waals surface area contributed by atoms with Gasteiger partial charge in [0.15, 0.2) is 11.5 Å². The first kappa shape index (κ1) is 21.4. The molecule has 0 saturated heterocycles. The molecule has 152 valence electrons. The fourth-order valence-corrected chi connectivity index (χ4v) is 2.42. The summed E-state index contributed by atoms with van der Waals surface area (Å²) in [6.45, 7) is 3.68. The number of allylic oxidation sites excluding steroid dienone is 1. The van der Waals surface area contributed by atoms with Crippen LogP contribution in [0.1, 0.15) is 29.8 Å². The molecule has 0 bridgehead atoms. The number of ether oxygens (including phenoxy) is 1. The van der Waals surface area contributed by atoms with Crippen LogP contribution in [0.25, 0.3) is 6.08 Å². The number of carbonyl (C=O) groups is 2. The van der Waals surface area contributed by atoms with E-state index in [2.05, 4.69) is 10.6 Å². The molecular weight excluding hydrogens is 378 g/mol. The van der Waals surface area contributed by atoms with Crippen molar-refractivity contribution in [1.29, 1.82) is 0 Å². The molecular formula is C20H21N3O6. The maximum atomic E-state index is 12.3. The number of carbonyl (C=O) groups excluding carboxylic acids is 2. The number of nitro benzene ring substituents is 1. The number of aromatic hydroxyl groups is 1. The van der Waals surface area contributed by atoms with Gasteiger partial charge >= 0.3 is 11.7 Å². The summed E-state index contributed by atoms with van der Waals surface area (Å²) < 4.78 is 4.92. The molecule has 0 aliphatic heterocycles. The predicted octanol–water partition coefficient (Wildman–Crippen LogP) is 3.74. The number of rotatable bonds is 7. The molecule has 2 aromatic rings. The lowest BCUT2D eigenvalue weighted by Crippen LogP contribution is -2.34. The maximum absolute atomic E-state index is 12.3. The monoisotopic (exact) mass is 399 g/mol. The summed E-state index contributed by atoms with van der Waals surface area (Å²) >= 11 is 0. The van der Waals surface area contributed by atoms with Gasteiger partial charge in [0.2, 0.25) is 5.75 Å². The Balaban J connectivity index is 2.14. The van der Waals surface area contributed by atoms with Crippen molar-refractivity contribution in [3.8, 4) is 11.5 Å². The average Bonchev–Trinajstić information content (AvgIpc) is 2.66. The van der Waals surface area contributed by atoms with Crippen LogP contribution in [0.2, 0.25) is 0 Å². The minimum absolute atomic E-state index is 0.00432. The normalized spacial score (nSPS) is 10.8. The zero-order valence-electron chi connectivity index (χ0n) is 16.1. The second-order valence-corrected chi connectivity index (χ2v) is 6.38. The average molecular weight is 399 g/mol. The van der Waals surface area contributed by atoms with Gasteiger partial charge < -0.3 is 20.5 Å². The van der Waals surface area contributed by atoms with Crippen molar-refractivity contribution >= 4 is 29.3 Å². The summed E-state index contributed by atoms with van der Waals surface area (Å²) in [5, 5.41) is 26.2. The molecule has 0 aromatic heterocycles. The van der Waals surface area contributed by atoms with E-state index < -0.39 is 16.4 Å². The van der Waals surface area contributed by atoms with Gasteiger partial charge in [0, 0.05) is 23.4 Å². The van der Waals surface area contributed by atoms with Gasteiger partial charge in [0.1, 0.15) is 0 Å².